The van der Waals surface area contributed by atoms with Crippen molar-refractivity contribution >= 4 is 27.6 Å². The van der Waals surface area contributed by atoms with Gasteiger partial charge in [-0.05, 0) is 48.8 Å². The predicted molar refractivity (Wildman–Crippen MR) is 131 cm³/mol. The second-order valence-corrected chi connectivity index (χ2v) is 9.64. The van der Waals surface area contributed by atoms with Crippen LogP contribution >= 0.6 is 0 Å². The second-order valence-electron chi connectivity index (χ2n) is 9.64. The van der Waals surface area contributed by atoms with E-state index in [1.165, 1.54) is 35.8 Å². The minimum Gasteiger partial charge on any atom is -0.456 e. The number of benzene rings is 2. The van der Waals surface area contributed by atoms with Gasteiger partial charge in [0.15, 0.2) is 11.9 Å². The van der Waals surface area contributed by atoms with E-state index in [1.54, 1.807) is 0 Å². The summed E-state index contributed by atoms with van der Waals surface area (Å²) >= 11 is 0. The van der Waals surface area contributed by atoms with E-state index in [0.29, 0.717) is 11.8 Å². The Morgan fingerprint density at radius 3 is 2.53 bits per heavy atom. The molecule has 32 heavy (non-hydrogen) atoms. The summed E-state index contributed by atoms with van der Waals surface area (Å²) in [5.41, 5.74) is 8.66. The van der Waals surface area contributed by atoms with Crippen LogP contribution in [0.5, 0.6) is 0 Å². The molecule has 1 fully saturated rings. The lowest BCUT2D eigenvalue weighted by Crippen LogP contribution is -2.30. The number of pyridine rings is 1. The first-order valence-corrected chi connectivity index (χ1v) is 11.9. The van der Waals surface area contributed by atoms with E-state index < -0.39 is 0 Å². The maximum Gasteiger partial charge on any atom is 0.216 e. The number of hydrogen-bond acceptors (Lipinski definition) is 1. The largest absolute Gasteiger partial charge is 0.456 e. The normalized spacial score (nSPS) is 15.0. The molecule has 0 bridgehead atoms. The third kappa shape index (κ3) is 3.21. The molecule has 1 aliphatic rings. The molecule has 0 amide bonds. The lowest BCUT2D eigenvalue weighted by molar-refractivity contribution is -0.660. The molecule has 0 radical (unpaired) electrons. The van der Waals surface area contributed by atoms with Crippen LogP contribution in [0.4, 0.5) is 5.69 Å². The van der Waals surface area contributed by atoms with Crippen LogP contribution < -0.4 is 4.57 Å². The van der Waals surface area contributed by atoms with Crippen LogP contribution in [0, 0.1) is 13.5 Å². The molecule has 2 aromatic heterocycles. The van der Waals surface area contributed by atoms with Crippen LogP contribution in [-0.4, -0.2) is 0 Å². The summed E-state index contributed by atoms with van der Waals surface area (Å²) < 4.78 is 9.00. The molecular weight excluding hydrogens is 392 g/mol. The Morgan fingerprint density at radius 1 is 1.06 bits per heavy atom. The van der Waals surface area contributed by atoms with Gasteiger partial charge in [0.2, 0.25) is 5.69 Å². The topological polar surface area (TPSA) is 21.4 Å². The molecule has 0 N–H and O–H groups in total. The van der Waals surface area contributed by atoms with Gasteiger partial charge in [0.25, 0.3) is 0 Å². The lowest BCUT2D eigenvalue weighted by Gasteiger charge is -2.23. The Balaban J connectivity index is 1.93. The summed E-state index contributed by atoms with van der Waals surface area (Å²) in [6.07, 6.45) is 8.15. The van der Waals surface area contributed by atoms with Crippen molar-refractivity contribution in [3.05, 3.63) is 70.7 Å². The zero-order chi connectivity index (χ0) is 22.4. The number of furan rings is 1. The van der Waals surface area contributed by atoms with E-state index >= 15 is 0 Å². The molecule has 3 nitrogen and oxygen atoms in total. The number of fused-ring (bicyclic) bond motifs is 3. The Morgan fingerprint density at radius 2 is 1.84 bits per heavy atom. The molecule has 0 saturated heterocycles. The van der Waals surface area contributed by atoms with E-state index in [1.807, 2.05) is 6.07 Å². The number of nitrogens with zero attached hydrogens (tertiary/aromatic N) is 2. The highest BCUT2D eigenvalue weighted by molar-refractivity contribution is 6.13. The van der Waals surface area contributed by atoms with Gasteiger partial charge < -0.3 is 4.42 Å². The second kappa shape index (κ2) is 8.10. The first-order chi connectivity index (χ1) is 15.5. The maximum absolute atomic E-state index is 7.84. The van der Waals surface area contributed by atoms with Gasteiger partial charge in [-0.15, -0.1) is 0 Å². The molecule has 5 rings (SSSR count). The van der Waals surface area contributed by atoms with E-state index in [2.05, 4.69) is 73.8 Å². The number of hydrogen-bond donors (Lipinski definition) is 0. The molecule has 4 aromatic rings. The highest BCUT2D eigenvalue weighted by Crippen LogP contribution is 2.47. The van der Waals surface area contributed by atoms with Crippen molar-refractivity contribution < 1.29 is 8.98 Å². The molecule has 1 saturated carbocycles. The first kappa shape index (κ1) is 20.8. The van der Waals surface area contributed by atoms with E-state index in [-0.39, 0.29) is 0 Å². The van der Waals surface area contributed by atoms with E-state index in [4.69, 9.17) is 11.0 Å². The Kier molecular flexibility index (Phi) is 5.25. The molecular formula is C29H31N2O+. The van der Waals surface area contributed by atoms with Crippen LogP contribution in [0.2, 0.25) is 0 Å². The monoisotopic (exact) mass is 423 g/mol. The van der Waals surface area contributed by atoms with Crippen LogP contribution in [0.15, 0.2) is 47.0 Å². The fourth-order valence-corrected chi connectivity index (χ4v) is 5.63. The van der Waals surface area contributed by atoms with Gasteiger partial charge in [0, 0.05) is 28.5 Å². The van der Waals surface area contributed by atoms with E-state index in [0.717, 1.165) is 51.9 Å². The van der Waals surface area contributed by atoms with Gasteiger partial charge in [-0.3, -0.25) is 0 Å². The molecule has 0 atom stereocenters. The number of aryl methyl sites for hydroxylation is 2. The molecule has 162 valence electrons. The van der Waals surface area contributed by atoms with Crippen molar-refractivity contribution in [3.63, 3.8) is 0 Å². The van der Waals surface area contributed by atoms with Gasteiger partial charge in [0.05, 0.1) is 12.1 Å². The Labute approximate surface area is 190 Å². The fourth-order valence-electron chi connectivity index (χ4n) is 5.63. The summed E-state index contributed by atoms with van der Waals surface area (Å²) in [5, 5.41) is 2.38. The van der Waals surface area contributed by atoms with Gasteiger partial charge >= 0.3 is 0 Å². The Bertz CT molecular complexity index is 1360. The quantitative estimate of drug-likeness (QED) is 0.241. The van der Waals surface area contributed by atoms with Crippen LogP contribution in [-0.2, 0) is 7.05 Å². The molecule has 3 heteroatoms. The highest BCUT2D eigenvalue weighted by Gasteiger charge is 2.28. The highest BCUT2D eigenvalue weighted by atomic mass is 16.3. The zero-order valence-electron chi connectivity index (χ0n) is 19.5. The van der Waals surface area contributed by atoms with E-state index in [9.17, 15) is 0 Å². The smallest absolute Gasteiger partial charge is 0.216 e. The lowest BCUT2D eigenvalue weighted by atomic mass is 9.82. The molecule has 1 aliphatic carbocycles. The van der Waals surface area contributed by atoms with Gasteiger partial charge in [0.1, 0.15) is 18.2 Å². The minimum atomic E-state index is 0.384. The number of rotatable bonds is 3. The van der Waals surface area contributed by atoms with Crippen LogP contribution in [0.3, 0.4) is 0 Å². The molecule has 2 aromatic carbocycles. The summed E-state index contributed by atoms with van der Waals surface area (Å²) in [4.78, 5) is 3.92. The van der Waals surface area contributed by atoms with Crippen LogP contribution in [0.1, 0.15) is 74.5 Å². The summed E-state index contributed by atoms with van der Waals surface area (Å²) in [5.74, 6) is 0.797. The van der Waals surface area contributed by atoms with Gasteiger partial charge in [-0.1, -0.05) is 51.3 Å². The third-order valence-electron chi connectivity index (χ3n) is 7.22. The van der Waals surface area contributed by atoms with Crippen molar-refractivity contribution in [2.45, 2.75) is 64.7 Å². The van der Waals surface area contributed by atoms with Crippen molar-refractivity contribution in [1.82, 2.24) is 0 Å². The average Bonchev–Trinajstić information content (AvgIpc) is 3.18. The van der Waals surface area contributed by atoms with Gasteiger partial charge in [-0.2, -0.15) is 0 Å². The Hall–Kier alpha value is -3.12. The SMILES string of the molecule is [C-]#[N+]c1ccc2c(oc3c(-c4cccc[n+]4C)c(C)cc(C(C)C)c32)c1C1CCCCC1. The average molecular weight is 424 g/mol. The molecule has 0 unspecified atom stereocenters. The van der Waals surface area contributed by atoms with Crippen molar-refractivity contribution in [1.29, 1.82) is 0 Å². The van der Waals surface area contributed by atoms with Crippen molar-refractivity contribution in [3.8, 4) is 11.3 Å². The molecule has 0 aliphatic heterocycles. The van der Waals surface area contributed by atoms with Crippen LogP contribution in [0.25, 0.3) is 38.0 Å². The zero-order valence-corrected chi connectivity index (χ0v) is 19.5. The molecule has 2 heterocycles. The molecule has 0 spiro atoms. The summed E-state index contributed by atoms with van der Waals surface area (Å²) in [7, 11) is 2.09. The third-order valence-corrected chi connectivity index (χ3v) is 7.22. The summed E-state index contributed by atoms with van der Waals surface area (Å²) in [6.45, 7) is 14.5. The number of aromatic nitrogens is 1. The summed E-state index contributed by atoms with van der Waals surface area (Å²) in [6, 6.07) is 12.8. The van der Waals surface area contributed by atoms with Crippen molar-refractivity contribution in [2.75, 3.05) is 0 Å². The predicted octanol–water partition coefficient (Wildman–Crippen LogP) is 8.11. The van der Waals surface area contributed by atoms with Crippen molar-refractivity contribution in [2.24, 2.45) is 7.05 Å². The minimum absolute atomic E-state index is 0.384. The maximum atomic E-state index is 7.84. The first-order valence-electron chi connectivity index (χ1n) is 11.9. The standard InChI is InChI=1S/C29H31N2O/c1-18(2)22-17-19(3)25(24-13-9-10-16-31(24)5)29-27(22)21-14-15-23(30-4)26(28(21)32-29)20-11-7-6-8-12-20/h9-10,13-18,20H,6-8,11-12H2,1-3,5H3/q+1. The van der Waals surface area contributed by atoms with Gasteiger partial charge in [-0.25, -0.2) is 9.41 Å². The fraction of sp³-hybridized carbons (Fsp3) is 0.379.